The smallest absolute Gasteiger partial charge is 0.170 e. The highest BCUT2D eigenvalue weighted by Gasteiger charge is 2.23. The van der Waals surface area contributed by atoms with Gasteiger partial charge >= 0.3 is 0 Å². The van der Waals surface area contributed by atoms with Crippen LogP contribution in [0.15, 0.2) is 4.34 Å². The van der Waals surface area contributed by atoms with Crippen molar-refractivity contribution in [2.45, 2.75) is 17.7 Å². The average Bonchev–Trinajstić information content (AvgIpc) is 2.84. The molecule has 0 N–H and O–H groups in total. The SMILES string of the molecule is Cc1nsc(SCC(=O)C2CCOC2)n1. The summed E-state index contributed by atoms with van der Waals surface area (Å²) in [5, 5.41) is 0. The van der Waals surface area contributed by atoms with Gasteiger partial charge in [-0.05, 0) is 24.9 Å². The predicted molar refractivity (Wildman–Crippen MR) is 59.3 cm³/mol. The molecule has 15 heavy (non-hydrogen) atoms. The fraction of sp³-hybridized carbons (Fsp3) is 0.667. The quantitative estimate of drug-likeness (QED) is 0.752. The first-order valence-electron chi connectivity index (χ1n) is 4.79. The van der Waals surface area contributed by atoms with Gasteiger partial charge in [-0.1, -0.05) is 11.8 Å². The average molecular weight is 244 g/mol. The lowest BCUT2D eigenvalue weighted by Crippen LogP contribution is -2.16. The molecule has 2 rings (SSSR count). The van der Waals surface area contributed by atoms with Crippen LogP contribution < -0.4 is 0 Å². The molecule has 6 heteroatoms. The molecule has 0 aliphatic carbocycles. The van der Waals surface area contributed by atoms with E-state index in [2.05, 4.69) is 9.36 Å². The summed E-state index contributed by atoms with van der Waals surface area (Å²) in [4.78, 5) is 15.9. The van der Waals surface area contributed by atoms with Crippen molar-refractivity contribution in [2.75, 3.05) is 19.0 Å². The lowest BCUT2D eigenvalue weighted by molar-refractivity contribution is -0.120. The highest BCUT2D eigenvalue weighted by Crippen LogP contribution is 2.22. The standard InChI is InChI=1S/C9H12N2O2S2/c1-6-10-9(15-11-6)14-5-8(12)7-2-3-13-4-7/h7H,2-5H2,1H3. The Kier molecular flexibility index (Phi) is 3.71. The van der Waals surface area contributed by atoms with Crippen LogP contribution in [0.2, 0.25) is 0 Å². The molecule has 1 aromatic rings. The Morgan fingerprint density at radius 3 is 3.20 bits per heavy atom. The van der Waals surface area contributed by atoms with E-state index in [9.17, 15) is 4.79 Å². The van der Waals surface area contributed by atoms with Crippen LogP contribution in [-0.4, -0.2) is 34.1 Å². The van der Waals surface area contributed by atoms with Gasteiger partial charge in [0.25, 0.3) is 0 Å². The highest BCUT2D eigenvalue weighted by molar-refractivity contribution is 8.01. The zero-order chi connectivity index (χ0) is 10.7. The number of hydrogen-bond donors (Lipinski definition) is 0. The van der Waals surface area contributed by atoms with Crippen LogP contribution in [0.3, 0.4) is 0 Å². The fourth-order valence-electron chi connectivity index (χ4n) is 1.38. The van der Waals surface area contributed by atoms with Crippen LogP contribution >= 0.6 is 23.3 Å². The van der Waals surface area contributed by atoms with Crippen LogP contribution in [-0.2, 0) is 9.53 Å². The fourth-order valence-corrected chi connectivity index (χ4v) is 3.00. The molecule has 1 unspecified atom stereocenters. The van der Waals surface area contributed by atoms with E-state index in [4.69, 9.17) is 4.74 Å². The van der Waals surface area contributed by atoms with Crippen molar-refractivity contribution in [3.05, 3.63) is 5.82 Å². The first kappa shape index (κ1) is 11.0. The molecule has 0 bridgehead atoms. The maximum absolute atomic E-state index is 11.7. The van der Waals surface area contributed by atoms with Gasteiger partial charge in [0.05, 0.1) is 12.4 Å². The van der Waals surface area contributed by atoms with Crippen molar-refractivity contribution >= 4 is 29.1 Å². The number of carbonyl (C=O) groups is 1. The molecule has 4 nitrogen and oxygen atoms in total. The summed E-state index contributed by atoms with van der Waals surface area (Å²) in [7, 11) is 0. The second-order valence-electron chi connectivity index (χ2n) is 3.42. The second-order valence-corrected chi connectivity index (χ2v) is 5.40. The van der Waals surface area contributed by atoms with Gasteiger partial charge in [0.1, 0.15) is 11.6 Å². The molecule has 1 saturated heterocycles. The van der Waals surface area contributed by atoms with Gasteiger partial charge in [0.15, 0.2) is 4.34 Å². The summed E-state index contributed by atoms with van der Waals surface area (Å²) in [6.07, 6.45) is 0.870. The van der Waals surface area contributed by atoms with Crippen molar-refractivity contribution in [3.8, 4) is 0 Å². The summed E-state index contributed by atoms with van der Waals surface area (Å²) >= 11 is 2.83. The maximum Gasteiger partial charge on any atom is 0.170 e. The Hall–Kier alpha value is -0.460. The summed E-state index contributed by atoms with van der Waals surface area (Å²) in [5.41, 5.74) is 0. The number of ketones is 1. The normalized spacial score (nSPS) is 20.7. The lowest BCUT2D eigenvalue weighted by Gasteiger charge is -2.03. The van der Waals surface area contributed by atoms with Crippen LogP contribution in [0, 0.1) is 12.8 Å². The maximum atomic E-state index is 11.7. The van der Waals surface area contributed by atoms with Gasteiger partial charge < -0.3 is 4.74 Å². The monoisotopic (exact) mass is 244 g/mol. The molecular weight excluding hydrogens is 232 g/mol. The molecule has 82 valence electrons. The van der Waals surface area contributed by atoms with Crippen molar-refractivity contribution in [3.63, 3.8) is 0 Å². The van der Waals surface area contributed by atoms with Gasteiger partial charge in [0.2, 0.25) is 0 Å². The third-order valence-electron chi connectivity index (χ3n) is 2.23. The van der Waals surface area contributed by atoms with Crippen molar-refractivity contribution < 1.29 is 9.53 Å². The topological polar surface area (TPSA) is 52.1 Å². The Morgan fingerprint density at radius 2 is 2.60 bits per heavy atom. The zero-order valence-corrected chi connectivity index (χ0v) is 10.1. The van der Waals surface area contributed by atoms with Gasteiger partial charge in [-0.25, -0.2) is 4.98 Å². The molecule has 1 aliphatic rings. The van der Waals surface area contributed by atoms with E-state index < -0.39 is 0 Å². The van der Waals surface area contributed by atoms with E-state index in [1.807, 2.05) is 6.92 Å². The van der Waals surface area contributed by atoms with Crippen molar-refractivity contribution in [2.24, 2.45) is 5.92 Å². The van der Waals surface area contributed by atoms with Crippen LogP contribution in [0.4, 0.5) is 0 Å². The van der Waals surface area contributed by atoms with E-state index in [0.717, 1.165) is 23.2 Å². The molecule has 0 spiro atoms. The Balaban J connectivity index is 1.80. The van der Waals surface area contributed by atoms with Gasteiger partial charge in [0, 0.05) is 12.5 Å². The van der Waals surface area contributed by atoms with Crippen molar-refractivity contribution in [1.82, 2.24) is 9.36 Å². The minimum Gasteiger partial charge on any atom is -0.381 e. The zero-order valence-electron chi connectivity index (χ0n) is 8.43. The summed E-state index contributed by atoms with van der Waals surface area (Å²) in [6, 6.07) is 0. The molecule has 0 amide bonds. The number of aromatic nitrogens is 2. The molecule has 0 saturated carbocycles. The molecule has 1 atom stereocenters. The molecule has 1 aliphatic heterocycles. The van der Waals surface area contributed by atoms with E-state index >= 15 is 0 Å². The molecular formula is C9H12N2O2S2. The third kappa shape index (κ3) is 2.99. The number of ether oxygens (including phenoxy) is 1. The highest BCUT2D eigenvalue weighted by atomic mass is 32.2. The minimum atomic E-state index is 0.103. The first-order valence-corrected chi connectivity index (χ1v) is 6.55. The number of thioether (sulfide) groups is 1. The number of hydrogen-bond acceptors (Lipinski definition) is 6. The first-order chi connectivity index (χ1) is 7.25. The van der Waals surface area contributed by atoms with Crippen LogP contribution in [0.1, 0.15) is 12.2 Å². The number of nitrogens with zero attached hydrogens (tertiary/aromatic N) is 2. The second kappa shape index (κ2) is 5.05. The molecule has 2 heterocycles. The summed E-state index contributed by atoms with van der Waals surface area (Å²) in [6.45, 7) is 3.17. The minimum absolute atomic E-state index is 0.103. The van der Waals surface area contributed by atoms with Crippen molar-refractivity contribution in [1.29, 1.82) is 0 Å². The molecule has 1 aromatic heterocycles. The molecule has 0 radical (unpaired) electrons. The third-order valence-corrected chi connectivity index (χ3v) is 4.18. The summed E-state index contributed by atoms with van der Waals surface area (Å²) < 4.78 is 10.1. The largest absolute Gasteiger partial charge is 0.381 e. The van der Waals surface area contributed by atoms with Gasteiger partial charge in [-0.2, -0.15) is 4.37 Å². The Morgan fingerprint density at radius 1 is 1.73 bits per heavy atom. The van der Waals surface area contributed by atoms with E-state index in [1.165, 1.54) is 23.3 Å². The number of rotatable bonds is 4. The molecule has 1 fully saturated rings. The van der Waals surface area contributed by atoms with E-state index in [-0.39, 0.29) is 11.7 Å². The predicted octanol–water partition coefficient (Wildman–Crippen LogP) is 1.54. The number of aryl methyl sites for hydroxylation is 1. The molecule has 0 aromatic carbocycles. The number of Topliss-reactive ketones (excluding diaryl/α,β-unsaturated/α-hetero) is 1. The Labute approximate surface area is 96.6 Å². The van der Waals surface area contributed by atoms with Gasteiger partial charge in [-0.3, -0.25) is 4.79 Å². The Bertz CT molecular complexity index is 348. The lowest BCUT2D eigenvalue weighted by atomic mass is 10.1. The van der Waals surface area contributed by atoms with Crippen LogP contribution in [0.5, 0.6) is 0 Å². The van der Waals surface area contributed by atoms with E-state index in [0.29, 0.717) is 12.4 Å². The summed E-state index contributed by atoms with van der Waals surface area (Å²) in [5.74, 6) is 1.64. The van der Waals surface area contributed by atoms with Gasteiger partial charge in [-0.15, -0.1) is 0 Å². The van der Waals surface area contributed by atoms with E-state index in [1.54, 1.807) is 0 Å². The number of carbonyl (C=O) groups excluding carboxylic acids is 1. The van der Waals surface area contributed by atoms with Crippen LogP contribution in [0.25, 0.3) is 0 Å².